The summed E-state index contributed by atoms with van der Waals surface area (Å²) in [5, 5.41) is 15.2. The van der Waals surface area contributed by atoms with E-state index in [1.165, 1.54) is 12.1 Å². The molecule has 1 saturated heterocycles. The Morgan fingerprint density at radius 2 is 1.50 bits per heavy atom. The number of nitro groups is 1. The van der Waals surface area contributed by atoms with Crippen LogP contribution < -0.4 is 15.3 Å². The van der Waals surface area contributed by atoms with Gasteiger partial charge in [0.05, 0.1) is 10.6 Å². The first-order chi connectivity index (χ1) is 13.5. The zero-order chi connectivity index (χ0) is 19.7. The second kappa shape index (κ2) is 7.19. The summed E-state index contributed by atoms with van der Waals surface area (Å²) < 4.78 is 16.2. The van der Waals surface area contributed by atoms with Gasteiger partial charge in [-0.1, -0.05) is 36.4 Å². The van der Waals surface area contributed by atoms with Crippen molar-refractivity contribution in [3.05, 3.63) is 101 Å². The van der Waals surface area contributed by atoms with Crippen molar-refractivity contribution in [2.75, 3.05) is 4.67 Å². The molecular weight excluding hydrogens is 393 g/mol. The number of hydrogen-bond acceptors (Lipinski definition) is 4. The molecule has 0 bridgehead atoms. The van der Waals surface area contributed by atoms with Crippen LogP contribution in [0.3, 0.4) is 0 Å². The Bertz CT molecular complexity index is 1070. The number of para-hydroxylation sites is 1. The molecular formula is C20H16N3O3PS. The molecule has 0 saturated carbocycles. The Hall–Kier alpha value is -3.02. The third-order valence-electron chi connectivity index (χ3n) is 4.65. The summed E-state index contributed by atoms with van der Waals surface area (Å²) in [4.78, 5) is 10.5. The number of thiocarbonyl (C=S) groups is 1. The van der Waals surface area contributed by atoms with Gasteiger partial charge in [0.15, 0.2) is 5.11 Å². The van der Waals surface area contributed by atoms with Gasteiger partial charge < -0.3 is 5.32 Å². The molecule has 1 fully saturated rings. The molecule has 140 valence electrons. The van der Waals surface area contributed by atoms with Gasteiger partial charge in [-0.15, -0.1) is 0 Å². The van der Waals surface area contributed by atoms with E-state index in [-0.39, 0.29) is 5.69 Å². The molecule has 3 aromatic carbocycles. The van der Waals surface area contributed by atoms with E-state index in [9.17, 15) is 14.7 Å². The molecule has 0 aliphatic carbocycles. The molecule has 4 rings (SSSR count). The van der Waals surface area contributed by atoms with E-state index in [1.807, 2.05) is 60.7 Å². The minimum absolute atomic E-state index is 0.0150. The Morgan fingerprint density at radius 3 is 2.07 bits per heavy atom. The lowest BCUT2D eigenvalue weighted by Crippen LogP contribution is -2.27. The second-order valence-electron chi connectivity index (χ2n) is 6.31. The second-order valence-corrected chi connectivity index (χ2v) is 9.37. The van der Waals surface area contributed by atoms with Gasteiger partial charge in [-0.25, -0.2) is 0 Å². The number of nitrogens with zero attached hydrogens (tertiary/aromatic N) is 2. The van der Waals surface area contributed by atoms with Crippen LogP contribution in [0.15, 0.2) is 84.9 Å². The third kappa shape index (κ3) is 2.99. The molecule has 0 amide bonds. The van der Waals surface area contributed by atoms with Gasteiger partial charge in [-0.05, 0) is 54.2 Å². The van der Waals surface area contributed by atoms with E-state index in [1.54, 1.807) is 16.8 Å². The first kappa shape index (κ1) is 18.3. The number of non-ortho nitro benzene ring substituents is 1. The van der Waals surface area contributed by atoms with E-state index in [0.29, 0.717) is 16.0 Å². The zero-order valence-electron chi connectivity index (χ0n) is 14.6. The monoisotopic (exact) mass is 409 g/mol. The average molecular weight is 409 g/mol. The smallest absolute Gasteiger partial charge is 0.269 e. The van der Waals surface area contributed by atoms with Crippen LogP contribution in [0.1, 0.15) is 11.3 Å². The zero-order valence-corrected chi connectivity index (χ0v) is 16.3. The van der Waals surface area contributed by atoms with Crippen LogP contribution in [-0.4, -0.2) is 10.0 Å². The highest BCUT2D eigenvalue weighted by Crippen LogP contribution is 2.64. The third-order valence-corrected chi connectivity index (χ3v) is 8.27. The number of hydrogen-bond donors (Lipinski definition) is 1. The Kier molecular flexibility index (Phi) is 4.71. The van der Waals surface area contributed by atoms with Crippen molar-refractivity contribution in [2.45, 2.75) is 5.78 Å². The summed E-state index contributed by atoms with van der Waals surface area (Å²) >= 11 is 5.55. The van der Waals surface area contributed by atoms with Gasteiger partial charge in [0, 0.05) is 17.4 Å². The fourth-order valence-corrected chi connectivity index (χ4v) is 7.06. The fourth-order valence-electron chi connectivity index (χ4n) is 3.34. The number of nitro benzene ring substituents is 1. The van der Waals surface area contributed by atoms with Gasteiger partial charge in [0.2, 0.25) is 7.29 Å². The van der Waals surface area contributed by atoms with Gasteiger partial charge in [0.25, 0.3) is 5.69 Å². The topological polar surface area (TPSA) is 75.5 Å². The van der Waals surface area contributed by atoms with Crippen molar-refractivity contribution in [3.63, 3.8) is 0 Å². The largest absolute Gasteiger partial charge is 0.346 e. The van der Waals surface area contributed by atoms with Crippen LogP contribution in [0.25, 0.3) is 0 Å². The minimum atomic E-state index is -3.27. The minimum Gasteiger partial charge on any atom is -0.346 e. The predicted molar refractivity (Wildman–Crippen MR) is 114 cm³/mol. The van der Waals surface area contributed by atoms with Crippen molar-refractivity contribution in [1.82, 2.24) is 5.32 Å². The van der Waals surface area contributed by atoms with Crippen LogP contribution in [0.4, 0.5) is 11.4 Å². The molecule has 8 heteroatoms. The number of anilines is 1. The maximum atomic E-state index is 14.5. The molecule has 1 aliphatic rings. The van der Waals surface area contributed by atoms with Crippen molar-refractivity contribution < 1.29 is 9.49 Å². The Balaban J connectivity index is 1.87. The standard InChI is InChI=1S/C20H16N3O3PS/c24-23(25)17-13-11-15(12-14-17)19-21-20(28)22(16-7-3-1-4-8-16)27(19,26)18-9-5-2-6-10-18/h1-14,19H,(H,21,28)/t19-,27-/m1/s1. The quantitative estimate of drug-likeness (QED) is 0.294. The highest BCUT2D eigenvalue weighted by molar-refractivity contribution is 7.84. The summed E-state index contributed by atoms with van der Waals surface area (Å²) in [6.07, 6.45) is 0. The Morgan fingerprint density at radius 1 is 0.929 bits per heavy atom. The normalized spacial score (nSPS) is 21.4. The maximum absolute atomic E-state index is 14.5. The molecule has 0 aromatic heterocycles. The maximum Gasteiger partial charge on any atom is 0.269 e. The van der Waals surface area contributed by atoms with E-state index >= 15 is 0 Å². The molecule has 1 aliphatic heterocycles. The van der Waals surface area contributed by atoms with Crippen LogP contribution in [0, 0.1) is 10.1 Å². The molecule has 1 heterocycles. The number of nitrogens with one attached hydrogen (secondary N) is 1. The van der Waals surface area contributed by atoms with Gasteiger partial charge in [0.1, 0.15) is 5.78 Å². The summed E-state index contributed by atoms with van der Waals surface area (Å²) in [6.45, 7) is 0. The lowest BCUT2D eigenvalue weighted by Gasteiger charge is -2.28. The number of rotatable bonds is 4. The average Bonchev–Trinajstić information content (AvgIpc) is 3.01. The van der Waals surface area contributed by atoms with Gasteiger partial charge in [-0.3, -0.25) is 19.3 Å². The Labute approximate surface area is 167 Å². The van der Waals surface area contributed by atoms with Crippen LogP contribution >= 0.6 is 19.5 Å². The molecule has 0 unspecified atom stereocenters. The van der Waals surface area contributed by atoms with Crippen molar-refractivity contribution in [3.8, 4) is 0 Å². The molecule has 3 aromatic rings. The summed E-state index contributed by atoms with van der Waals surface area (Å²) in [7, 11) is -3.27. The van der Waals surface area contributed by atoms with Crippen molar-refractivity contribution in [1.29, 1.82) is 0 Å². The lowest BCUT2D eigenvalue weighted by atomic mass is 10.2. The van der Waals surface area contributed by atoms with E-state index in [4.69, 9.17) is 12.2 Å². The molecule has 6 nitrogen and oxygen atoms in total. The fraction of sp³-hybridized carbons (Fsp3) is 0.0500. The van der Waals surface area contributed by atoms with E-state index in [2.05, 4.69) is 5.32 Å². The molecule has 2 atom stereocenters. The van der Waals surface area contributed by atoms with Gasteiger partial charge >= 0.3 is 0 Å². The number of benzene rings is 3. The van der Waals surface area contributed by atoms with E-state index in [0.717, 1.165) is 5.69 Å². The molecule has 28 heavy (non-hydrogen) atoms. The highest BCUT2D eigenvalue weighted by Gasteiger charge is 2.50. The van der Waals surface area contributed by atoms with Crippen LogP contribution in [0.2, 0.25) is 0 Å². The molecule has 1 N–H and O–H groups in total. The van der Waals surface area contributed by atoms with Crippen LogP contribution in [0.5, 0.6) is 0 Å². The van der Waals surface area contributed by atoms with Crippen molar-refractivity contribution >= 4 is 41.3 Å². The molecule has 0 spiro atoms. The SMILES string of the molecule is O=[N+]([O-])c1ccc([C@@H]2NC(=S)N(c3ccccc3)[P@@]2(=O)c2ccccc2)cc1. The first-order valence-electron chi connectivity index (χ1n) is 8.57. The predicted octanol–water partition coefficient (Wildman–Crippen LogP) is 4.59. The van der Waals surface area contributed by atoms with Crippen LogP contribution in [-0.2, 0) is 4.57 Å². The first-order valence-corrected chi connectivity index (χ1v) is 10.7. The molecule has 0 radical (unpaired) electrons. The van der Waals surface area contributed by atoms with Gasteiger partial charge in [-0.2, -0.15) is 0 Å². The van der Waals surface area contributed by atoms with E-state index < -0.39 is 18.0 Å². The lowest BCUT2D eigenvalue weighted by molar-refractivity contribution is -0.384. The highest BCUT2D eigenvalue weighted by atomic mass is 32.1. The summed E-state index contributed by atoms with van der Waals surface area (Å²) in [5.74, 6) is -0.608. The summed E-state index contributed by atoms with van der Waals surface area (Å²) in [5.41, 5.74) is 1.40. The van der Waals surface area contributed by atoms with Crippen molar-refractivity contribution in [2.24, 2.45) is 0 Å². The summed E-state index contributed by atoms with van der Waals surface area (Å²) in [6, 6.07) is 24.6.